The first kappa shape index (κ1) is 24.3. The average molecular weight is 511 g/mol. The summed E-state index contributed by atoms with van der Waals surface area (Å²) in [6.45, 7) is 4.53. The van der Waals surface area contributed by atoms with Crippen LogP contribution in [-0.4, -0.2) is 13.3 Å². The van der Waals surface area contributed by atoms with Gasteiger partial charge in [-0.25, -0.2) is 0 Å². The molecule has 0 spiro atoms. The molecule has 0 bridgehead atoms. The molecule has 4 heteroatoms. The van der Waals surface area contributed by atoms with E-state index in [1.54, 1.807) is 0 Å². The molecule has 36 heavy (non-hydrogen) atoms. The molecule has 5 aromatic rings. The normalized spacial score (nSPS) is 12.5. The first-order valence-corrected chi connectivity index (χ1v) is 17.1. The molecule has 0 saturated heterocycles. The zero-order valence-corrected chi connectivity index (χ0v) is 22.7. The van der Waals surface area contributed by atoms with Crippen molar-refractivity contribution in [3.63, 3.8) is 0 Å². The van der Waals surface area contributed by atoms with Gasteiger partial charge < -0.3 is 0 Å². The summed E-state index contributed by atoms with van der Waals surface area (Å²) < 4.78 is 14.1. The molecule has 5 aromatic carbocycles. The summed E-state index contributed by atoms with van der Waals surface area (Å²) in [6.07, 6.45) is 0. The molecule has 0 saturated carbocycles. The third kappa shape index (κ3) is 4.93. The summed E-state index contributed by atoms with van der Waals surface area (Å²) in [5.74, 6) is 1.56. The van der Waals surface area contributed by atoms with E-state index >= 15 is 0 Å². The van der Waals surface area contributed by atoms with E-state index in [2.05, 4.69) is 135 Å². The third-order valence-electron chi connectivity index (χ3n) is 6.78. The molecule has 0 heterocycles. The monoisotopic (exact) mass is 510 g/mol. The predicted molar refractivity (Wildman–Crippen MR) is 160 cm³/mol. The van der Waals surface area contributed by atoms with Gasteiger partial charge in [0.1, 0.15) is 0 Å². The molecule has 2 nitrogen and oxygen atoms in total. The first-order valence-electron chi connectivity index (χ1n) is 12.3. The molecule has 5 rings (SSSR count). The first-order chi connectivity index (χ1) is 17.6. The summed E-state index contributed by atoms with van der Waals surface area (Å²) >= 11 is 0. The van der Waals surface area contributed by atoms with Crippen LogP contribution in [0.5, 0.6) is 11.5 Å². The van der Waals surface area contributed by atoms with Gasteiger partial charge in [-0.15, -0.1) is 0 Å². The number of hydrogen-bond acceptors (Lipinski definition) is 2. The molecule has 0 aliphatic rings. The van der Waals surface area contributed by atoms with Gasteiger partial charge in [0.15, 0.2) is 0 Å². The average Bonchev–Trinajstić information content (AvgIpc) is 2.96. The van der Waals surface area contributed by atoms with Gasteiger partial charge in [0.2, 0.25) is 0 Å². The number of para-hydroxylation sites is 2. The van der Waals surface area contributed by atoms with Gasteiger partial charge >= 0.3 is 216 Å². The molecule has 0 radical (unpaired) electrons. The Balaban J connectivity index is 1.59. The molecule has 0 atom stereocenters. The standard InChI is InChI=1S/C32H32O2P2/c1-35(27-17-7-3-8-18-27,28-19-9-4-10-20-28)33-31-25-15-16-26-32(31)34-36(2,29-21-11-5-12-22-29)30-23-13-6-14-24-30/h3-26,35-36H,1-2H3. The van der Waals surface area contributed by atoms with Gasteiger partial charge in [0, 0.05) is 0 Å². The van der Waals surface area contributed by atoms with E-state index in [9.17, 15) is 0 Å². The minimum atomic E-state index is -2.57. The molecular weight excluding hydrogens is 478 g/mol. The van der Waals surface area contributed by atoms with Crippen LogP contribution in [-0.2, 0) is 0 Å². The van der Waals surface area contributed by atoms with Crippen LogP contribution < -0.4 is 30.3 Å². The summed E-state index contributed by atoms with van der Waals surface area (Å²) in [4.78, 5) is 0. The van der Waals surface area contributed by atoms with Crippen LogP contribution in [0.2, 0.25) is 0 Å². The van der Waals surface area contributed by atoms with E-state index < -0.39 is 15.0 Å². The number of hydrogen-bond donors (Lipinski definition) is 0. The molecule has 182 valence electrons. The maximum atomic E-state index is 7.06. The van der Waals surface area contributed by atoms with Crippen molar-refractivity contribution in [1.29, 1.82) is 0 Å². The van der Waals surface area contributed by atoms with Crippen LogP contribution in [0.1, 0.15) is 0 Å². The summed E-state index contributed by atoms with van der Waals surface area (Å²) in [5.41, 5.74) is 0. The van der Waals surface area contributed by atoms with Gasteiger partial charge in [0.25, 0.3) is 0 Å². The van der Waals surface area contributed by atoms with Crippen LogP contribution >= 0.6 is 15.0 Å². The summed E-state index contributed by atoms with van der Waals surface area (Å²) in [7, 11) is -5.14. The molecule has 0 aliphatic heterocycles. The quantitative estimate of drug-likeness (QED) is 0.227. The Kier molecular flexibility index (Phi) is 7.19. The van der Waals surface area contributed by atoms with Crippen molar-refractivity contribution >= 4 is 36.2 Å². The molecule has 0 N–H and O–H groups in total. The van der Waals surface area contributed by atoms with E-state index in [0.29, 0.717) is 0 Å². The van der Waals surface area contributed by atoms with E-state index in [-0.39, 0.29) is 0 Å². The second-order valence-electron chi connectivity index (χ2n) is 9.18. The molecule has 0 fully saturated rings. The van der Waals surface area contributed by atoms with Crippen LogP contribution in [0.15, 0.2) is 146 Å². The molecule has 0 aliphatic carbocycles. The van der Waals surface area contributed by atoms with Crippen molar-refractivity contribution in [3.05, 3.63) is 146 Å². The number of rotatable bonds is 8. The molecule has 0 unspecified atom stereocenters. The Labute approximate surface area is 215 Å². The van der Waals surface area contributed by atoms with Gasteiger partial charge in [-0.1, -0.05) is 0 Å². The number of benzene rings is 5. The van der Waals surface area contributed by atoms with Crippen LogP contribution in [0.4, 0.5) is 0 Å². The van der Waals surface area contributed by atoms with Gasteiger partial charge in [0.05, 0.1) is 0 Å². The van der Waals surface area contributed by atoms with E-state index in [1.165, 1.54) is 21.2 Å². The summed E-state index contributed by atoms with van der Waals surface area (Å²) in [5, 5.41) is 4.88. The van der Waals surface area contributed by atoms with Gasteiger partial charge in [-0.3, -0.25) is 0 Å². The van der Waals surface area contributed by atoms with Crippen molar-refractivity contribution in [3.8, 4) is 11.5 Å². The fraction of sp³-hybridized carbons (Fsp3) is 0.0625. The zero-order chi connectivity index (χ0) is 24.8. The molecule has 0 aromatic heterocycles. The fourth-order valence-electron chi connectivity index (χ4n) is 4.65. The Morgan fingerprint density at radius 3 is 0.806 bits per heavy atom. The molecular formula is C32H32O2P2. The van der Waals surface area contributed by atoms with E-state index in [1.807, 2.05) is 24.3 Å². The SMILES string of the molecule is C[PH](Oc1ccccc1O[PH](C)(c1ccccc1)c1ccccc1)(c1ccccc1)c1ccccc1. The van der Waals surface area contributed by atoms with Crippen LogP contribution in [0.3, 0.4) is 0 Å². The fourth-order valence-corrected chi connectivity index (χ4v) is 10.3. The third-order valence-corrected chi connectivity index (χ3v) is 13.8. The van der Waals surface area contributed by atoms with Gasteiger partial charge in [-0.2, -0.15) is 0 Å². The van der Waals surface area contributed by atoms with Gasteiger partial charge in [-0.05, 0) is 0 Å². The zero-order valence-electron chi connectivity index (χ0n) is 20.7. The Morgan fingerprint density at radius 2 is 0.556 bits per heavy atom. The summed E-state index contributed by atoms with van der Waals surface area (Å²) in [6, 6.07) is 50.4. The van der Waals surface area contributed by atoms with Crippen LogP contribution in [0, 0.1) is 0 Å². The molecule has 0 amide bonds. The van der Waals surface area contributed by atoms with E-state index in [4.69, 9.17) is 9.05 Å². The van der Waals surface area contributed by atoms with Crippen molar-refractivity contribution < 1.29 is 9.05 Å². The second kappa shape index (κ2) is 10.7. The van der Waals surface area contributed by atoms with Crippen molar-refractivity contribution in [1.82, 2.24) is 0 Å². The minimum absolute atomic E-state index is 0.782. The van der Waals surface area contributed by atoms with Crippen molar-refractivity contribution in [2.24, 2.45) is 0 Å². The Hall–Kier alpha value is -3.44. The second-order valence-corrected chi connectivity index (χ2v) is 16.0. The topological polar surface area (TPSA) is 18.5 Å². The predicted octanol–water partition coefficient (Wildman–Crippen LogP) is 6.34. The van der Waals surface area contributed by atoms with E-state index in [0.717, 1.165) is 11.5 Å². The van der Waals surface area contributed by atoms with Crippen molar-refractivity contribution in [2.75, 3.05) is 13.3 Å². The maximum absolute atomic E-state index is 7.06. The Morgan fingerprint density at radius 1 is 0.333 bits per heavy atom. The Bertz CT molecular complexity index is 1200. The van der Waals surface area contributed by atoms with Crippen molar-refractivity contribution in [2.45, 2.75) is 0 Å². The van der Waals surface area contributed by atoms with Crippen LogP contribution in [0.25, 0.3) is 0 Å².